The fraction of sp³-hybridized carbons (Fsp3) is 0.333. The van der Waals surface area contributed by atoms with Crippen molar-refractivity contribution in [2.24, 2.45) is 0 Å². The maximum Gasteiger partial charge on any atom is 0.297 e. The first-order chi connectivity index (χ1) is 12.5. The minimum Gasteiger partial charge on any atom is -0.455 e. The van der Waals surface area contributed by atoms with Crippen LogP contribution in [0.2, 0.25) is 5.02 Å². The Morgan fingerprint density at radius 3 is 3.04 bits per heavy atom. The predicted octanol–water partition coefficient (Wildman–Crippen LogP) is 3.97. The molecule has 26 heavy (non-hydrogen) atoms. The zero-order valence-corrected chi connectivity index (χ0v) is 15.6. The van der Waals surface area contributed by atoms with E-state index in [-0.39, 0.29) is 11.4 Å². The summed E-state index contributed by atoms with van der Waals surface area (Å²) in [5, 5.41) is 1.25. The Bertz CT molecular complexity index is 957. The van der Waals surface area contributed by atoms with Gasteiger partial charge in [-0.1, -0.05) is 11.6 Å². The molecular formula is C18H16ClFN4OS. The number of rotatable bonds is 3. The van der Waals surface area contributed by atoms with E-state index in [2.05, 4.69) is 16.8 Å². The Labute approximate surface area is 159 Å². The summed E-state index contributed by atoms with van der Waals surface area (Å²) in [6.45, 7) is 5.35. The van der Waals surface area contributed by atoms with Crippen molar-refractivity contribution in [3.63, 3.8) is 0 Å². The summed E-state index contributed by atoms with van der Waals surface area (Å²) in [6, 6.07) is 5.13. The third-order valence-electron chi connectivity index (χ3n) is 4.76. The summed E-state index contributed by atoms with van der Waals surface area (Å²) in [5.41, 5.74) is 1.58. The highest BCUT2D eigenvalue weighted by Gasteiger charge is 2.39. The highest BCUT2D eigenvalue weighted by Crippen LogP contribution is 2.38. The highest BCUT2D eigenvalue weighted by molar-refractivity contribution is 7.15. The first kappa shape index (κ1) is 16.2. The molecule has 1 aromatic carbocycles. The molecule has 0 unspecified atom stereocenters. The molecule has 1 atom stereocenters. The number of fused-ring (bicyclic) bond motifs is 2. The molecule has 0 aliphatic carbocycles. The van der Waals surface area contributed by atoms with E-state index >= 15 is 0 Å². The first-order valence-corrected chi connectivity index (χ1v) is 9.55. The summed E-state index contributed by atoms with van der Waals surface area (Å²) in [4.78, 5) is 12.5. The van der Waals surface area contributed by atoms with Gasteiger partial charge in [-0.05, 0) is 25.1 Å². The lowest BCUT2D eigenvalue weighted by Crippen LogP contribution is -2.43. The molecule has 2 aromatic heterocycles. The van der Waals surface area contributed by atoms with Crippen LogP contribution in [-0.4, -0.2) is 31.6 Å². The lowest BCUT2D eigenvalue weighted by molar-refractivity contribution is 0.0567. The second-order valence-electron chi connectivity index (χ2n) is 7.05. The van der Waals surface area contributed by atoms with Crippen molar-refractivity contribution >= 4 is 22.9 Å². The zero-order valence-electron chi connectivity index (χ0n) is 14.1. The van der Waals surface area contributed by atoms with Crippen LogP contribution in [0.1, 0.15) is 17.5 Å². The van der Waals surface area contributed by atoms with Crippen molar-refractivity contribution in [1.82, 2.24) is 19.4 Å². The molecule has 5 rings (SSSR count). The quantitative estimate of drug-likeness (QED) is 0.678. The minimum absolute atomic E-state index is 0.277. The summed E-state index contributed by atoms with van der Waals surface area (Å²) in [6.07, 6.45) is 3.70. The summed E-state index contributed by atoms with van der Waals surface area (Å²) >= 11 is 7.80. The Balaban J connectivity index is 1.31. The molecule has 134 valence electrons. The minimum atomic E-state index is -0.334. The maximum absolute atomic E-state index is 13.3. The van der Waals surface area contributed by atoms with Crippen molar-refractivity contribution in [2.75, 3.05) is 6.54 Å². The number of halogens is 2. The van der Waals surface area contributed by atoms with Crippen molar-refractivity contribution in [3.8, 4) is 16.6 Å². The standard InChI is InChI=1S/C18H16ClFN4OS/c1-18(10-24-5-4-21-17(24)25-18)9-23-7-14-15(8-23)26-16(22-14)12-3-2-11(20)6-13(12)19/h2-6H,7-10H2,1H3/t18-/m0/s1. The van der Waals surface area contributed by atoms with Crippen molar-refractivity contribution in [3.05, 3.63) is 52.0 Å². The van der Waals surface area contributed by atoms with Gasteiger partial charge in [-0.25, -0.2) is 14.4 Å². The van der Waals surface area contributed by atoms with E-state index < -0.39 is 0 Å². The monoisotopic (exact) mass is 390 g/mol. The average molecular weight is 391 g/mol. The molecule has 0 spiro atoms. The molecule has 0 fully saturated rings. The lowest BCUT2D eigenvalue weighted by Gasteiger charge is -2.28. The highest BCUT2D eigenvalue weighted by atomic mass is 35.5. The third-order valence-corrected chi connectivity index (χ3v) is 6.19. The van der Waals surface area contributed by atoms with Gasteiger partial charge in [0.25, 0.3) is 6.01 Å². The van der Waals surface area contributed by atoms with Crippen LogP contribution in [0.25, 0.3) is 10.6 Å². The molecule has 0 saturated carbocycles. The van der Waals surface area contributed by atoms with Gasteiger partial charge >= 0.3 is 0 Å². The van der Waals surface area contributed by atoms with Crippen LogP contribution in [0.5, 0.6) is 6.01 Å². The number of aromatic nitrogens is 3. The van der Waals surface area contributed by atoms with Gasteiger partial charge in [-0.3, -0.25) is 9.47 Å². The van der Waals surface area contributed by atoms with Crippen molar-refractivity contribution < 1.29 is 9.13 Å². The Hall–Kier alpha value is -1.96. The van der Waals surface area contributed by atoms with Gasteiger partial charge in [-0.2, -0.15) is 0 Å². The van der Waals surface area contributed by atoms with Gasteiger partial charge in [0.05, 0.1) is 17.3 Å². The van der Waals surface area contributed by atoms with Crippen LogP contribution in [0.3, 0.4) is 0 Å². The number of nitrogens with zero attached hydrogens (tertiary/aromatic N) is 4. The van der Waals surface area contributed by atoms with Gasteiger partial charge in [0.2, 0.25) is 0 Å². The van der Waals surface area contributed by atoms with Gasteiger partial charge < -0.3 is 4.74 Å². The normalized spacial score (nSPS) is 21.7. The molecule has 0 N–H and O–H groups in total. The second kappa shape index (κ2) is 5.77. The Kier molecular flexibility index (Phi) is 3.60. The van der Waals surface area contributed by atoms with Gasteiger partial charge in [-0.15, -0.1) is 11.3 Å². The van der Waals surface area contributed by atoms with E-state index in [4.69, 9.17) is 21.3 Å². The number of benzene rings is 1. The fourth-order valence-electron chi connectivity index (χ4n) is 3.68. The molecule has 5 nitrogen and oxygen atoms in total. The zero-order chi connectivity index (χ0) is 17.9. The molecule has 0 amide bonds. The topological polar surface area (TPSA) is 43.2 Å². The Morgan fingerprint density at radius 1 is 1.38 bits per heavy atom. The largest absolute Gasteiger partial charge is 0.455 e. The van der Waals surface area contributed by atoms with E-state index in [1.54, 1.807) is 23.6 Å². The van der Waals surface area contributed by atoms with Gasteiger partial charge in [0, 0.05) is 42.5 Å². The molecule has 0 saturated heterocycles. The van der Waals surface area contributed by atoms with Crippen LogP contribution in [0, 0.1) is 5.82 Å². The van der Waals surface area contributed by atoms with E-state index in [1.165, 1.54) is 17.0 Å². The van der Waals surface area contributed by atoms with Crippen LogP contribution >= 0.6 is 22.9 Å². The van der Waals surface area contributed by atoms with E-state index in [9.17, 15) is 4.39 Å². The molecule has 3 aromatic rings. The molecule has 4 heterocycles. The lowest BCUT2D eigenvalue weighted by atomic mass is 10.1. The predicted molar refractivity (Wildman–Crippen MR) is 97.9 cm³/mol. The van der Waals surface area contributed by atoms with Crippen LogP contribution in [-0.2, 0) is 19.6 Å². The number of ether oxygens (including phenoxy) is 1. The van der Waals surface area contributed by atoms with E-state index in [0.29, 0.717) is 11.0 Å². The van der Waals surface area contributed by atoms with E-state index in [0.717, 1.165) is 42.4 Å². The second-order valence-corrected chi connectivity index (χ2v) is 8.54. The SMILES string of the molecule is C[C@]1(CN2Cc3nc(-c4ccc(F)cc4Cl)sc3C2)Cn2ccnc2O1. The molecule has 2 aliphatic heterocycles. The van der Waals surface area contributed by atoms with Crippen LogP contribution in [0.4, 0.5) is 4.39 Å². The number of imidazole rings is 1. The van der Waals surface area contributed by atoms with Crippen LogP contribution < -0.4 is 4.74 Å². The summed E-state index contributed by atoms with van der Waals surface area (Å²) in [7, 11) is 0. The molecular weight excluding hydrogens is 375 g/mol. The van der Waals surface area contributed by atoms with Crippen LogP contribution in [0.15, 0.2) is 30.6 Å². The number of thiazole rings is 1. The molecule has 0 radical (unpaired) electrons. The number of hydrogen-bond donors (Lipinski definition) is 0. The molecule has 0 bridgehead atoms. The van der Waals surface area contributed by atoms with Crippen molar-refractivity contribution in [2.45, 2.75) is 32.2 Å². The first-order valence-electron chi connectivity index (χ1n) is 8.36. The number of hydrogen-bond acceptors (Lipinski definition) is 5. The fourth-order valence-corrected chi connectivity index (χ4v) is 5.15. The molecule has 8 heteroatoms. The smallest absolute Gasteiger partial charge is 0.297 e. The average Bonchev–Trinajstić information content (AvgIpc) is 3.26. The van der Waals surface area contributed by atoms with Gasteiger partial charge in [0.1, 0.15) is 16.4 Å². The van der Waals surface area contributed by atoms with E-state index in [1.807, 2.05) is 10.8 Å². The maximum atomic E-state index is 13.3. The van der Waals surface area contributed by atoms with Crippen molar-refractivity contribution in [1.29, 1.82) is 0 Å². The third kappa shape index (κ3) is 2.71. The molecule has 2 aliphatic rings. The Morgan fingerprint density at radius 2 is 2.27 bits per heavy atom. The summed E-state index contributed by atoms with van der Waals surface area (Å²) < 4.78 is 21.3. The summed E-state index contributed by atoms with van der Waals surface area (Å²) in [5.74, 6) is -0.334. The van der Waals surface area contributed by atoms with Gasteiger partial charge in [0.15, 0.2) is 0 Å².